The van der Waals surface area contributed by atoms with Crippen LogP contribution in [0.3, 0.4) is 0 Å². The van der Waals surface area contributed by atoms with Gasteiger partial charge in [-0.1, -0.05) is 42.9 Å². The number of likely N-dealkylation sites (tertiary alicyclic amines) is 1. The van der Waals surface area contributed by atoms with E-state index in [9.17, 15) is 0 Å². The third-order valence-corrected chi connectivity index (χ3v) is 4.71. The Labute approximate surface area is 126 Å². The molecule has 1 aromatic carbocycles. The molecule has 0 spiro atoms. The molecule has 1 fully saturated rings. The first-order chi connectivity index (χ1) is 9.75. The molecule has 3 nitrogen and oxygen atoms in total. The van der Waals surface area contributed by atoms with Crippen molar-refractivity contribution in [2.45, 2.75) is 37.8 Å². The smallest absolute Gasteiger partial charge is 0.0954 e. The first-order valence-electron chi connectivity index (χ1n) is 7.48. The average Bonchev–Trinajstić information content (AvgIpc) is 2.48. The Kier molecular flexibility index (Phi) is 4.34. The molecule has 2 aliphatic heterocycles. The van der Waals surface area contributed by atoms with Crippen LogP contribution in [-0.2, 0) is 11.2 Å². The lowest BCUT2D eigenvalue weighted by Crippen LogP contribution is -2.48. The fourth-order valence-corrected chi connectivity index (χ4v) is 3.64. The van der Waals surface area contributed by atoms with Crippen LogP contribution in [0.2, 0.25) is 0 Å². The number of nitrogens with two attached hydrogens (primary N) is 1. The molecular weight excluding hydrogens is 268 g/mol. The lowest BCUT2D eigenvalue weighted by Gasteiger charge is -2.38. The molecule has 108 valence electrons. The maximum Gasteiger partial charge on any atom is 0.0954 e. The Morgan fingerprint density at radius 1 is 1.35 bits per heavy atom. The first-order valence-corrected chi connectivity index (χ1v) is 7.89. The molecule has 0 saturated carbocycles. The highest BCUT2D eigenvalue weighted by Gasteiger charge is 2.29. The van der Waals surface area contributed by atoms with E-state index < -0.39 is 0 Å². The van der Waals surface area contributed by atoms with Gasteiger partial charge in [-0.05, 0) is 36.9 Å². The second-order valence-electron chi connectivity index (χ2n) is 5.72. The summed E-state index contributed by atoms with van der Waals surface area (Å²) < 4.78 is 6.01. The van der Waals surface area contributed by atoms with E-state index in [1.807, 2.05) is 0 Å². The maximum absolute atomic E-state index is 6.01. The van der Waals surface area contributed by atoms with Gasteiger partial charge in [-0.15, -0.1) is 0 Å². The highest BCUT2D eigenvalue weighted by atomic mass is 32.1. The van der Waals surface area contributed by atoms with Crippen molar-refractivity contribution in [3.8, 4) is 0 Å². The monoisotopic (exact) mass is 290 g/mol. The summed E-state index contributed by atoms with van der Waals surface area (Å²) >= 11 is 5.23. The second-order valence-corrected chi connectivity index (χ2v) is 6.19. The summed E-state index contributed by atoms with van der Waals surface area (Å²) in [6.07, 6.45) is 4.72. The van der Waals surface area contributed by atoms with Crippen molar-refractivity contribution >= 4 is 17.2 Å². The summed E-state index contributed by atoms with van der Waals surface area (Å²) in [5.41, 5.74) is 8.67. The van der Waals surface area contributed by atoms with Crippen molar-refractivity contribution < 1.29 is 4.74 Å². The summed E-state index contributed by atoms with van der Waals surface area (Å²) in [6, 6.07) is 8.86. The van der Waals surface area contributed by atoms with Gasteiger partial charge in [0.25, 0.3) is 0 Å². The van der Waals surface area contributed by atoms with Gasteiger partial charge in [0, 0.05) is 6.54 Å². The van der Waals surface area contributed by atoms with Crippen LogP contribution in [-0.4, -0.2) is 35.6 Å². The maximum atomic E-state index is 6.01. The van der Waals surface area contributed by atoms with Crippen LogP contribution in [0.5, 0.6) is 0 Å². The van der Waals surface area contributed by atoms with Gasteiger partial charge < -0.3 is 10.5 Å². The van der Waals surface area contributed by atoms with E-state index in [0.29, 0.717) is 4.99 Å². The van der Waals surface area contributed by atoms with Crippen LogP contribution in [0.15, 0.2) is 24.3 Å². The molecule has 2 aliphatic rings. The SMILES string of the molecule is NC(=S)C1CCCCN1CC1OCCc2ccccc21. The molecule has 2 atom stereocenters. The third kappa shape index (κ3) is 2.87. The Balaban J connectivity index is 1.76. The molecule has 1 aromatic rings. The van der Waals surface area contributed by atoms with Crippen molar-refractivity contribution in [1.82, 2.24) is 4.90 Å². The molecule has 0 aromatic heterocycles. The summed E-state index contributed by atoms with van der Waals surface area (Å²) in [5.74, 6) is 0. The molecule has 0 aliphatic carbocycles. The van der Waals surface area contributed by atoms with Gasteiger partial charge in [0.15, 0.2) is 0 Å². The number of nitrogens with zero attached hydrogens (tertiary/aromatic N) is 1. The van der Waals surface area contributed by atoms with Crippen molar-refractivity contribution in [1.29, 1.82) is 0 Å². The zero-order chi connectivity index (χ0) is 13.9. The van der Waals surface area contributed by atoms with Crippen LogP contribution >= 0.6 is 12.2 Å². The number of fused-ring (bicyclic) bond motifs is 1. The zero-order valence-corrected chi connectivity index (χ0v) is 12.6. The Bertz CT molecular complexity index is 491. The lowest BCUT2D eigenvalue weighted by atomic mass is 9.95. The minimum atomic E-state index is 0.162. The molecule has 0 amide bonds. The molecule has 3 rings (SSSR count). The number of hydrogen-bond donors (Lipinski definition) is 1. The lowest BCUT2D eigenvalue weighted by molar-refractivity contribution is 0.00673. The predicted molar refractivity (Wildman–Crippen MR) is 84.8 cm³/mol. The summed E-state index contributed by atoms with van der Waals surface area (Å²) in [6.45, 7) is 2.79. The van der Waals surface area contributed by atoms with Crippen molar-refractivity contribution in [2.75, 3.05) is 19.7 Å². The normalized spacial score (nSPS) is 27.0. The van der Waals surface area contributed by atoms with Crippen molar-refractivity contribution in [3.63, 3.8) is 0 Å². The average molecular weight is 290 g/mol. The van der Waals surface area contributed by atoms with E-state index in [1.165, 1.54) is 24.0 Å². The Morgan fingerprint density at radius 2 is 2.20 bits per heavy atom. The van der Waals surface area contributed by atoms with Gasteiger partial charge in [-0.25, -0.2) is 0 Å². The van der Waals surface area contributed by atoms with Crippen LogP contribution in [0.25, 0.3) is 0 Å². The van der Waals surface area contributed by atoms with Gasteiger partial charge in [-0.3, -0.25) is 4.90 Å². The van der Waals surface area contributed by atoms with Crippen molar-refractivity contribution in [2.24, 2.45) is 5.73 Å². The van der Waals surface area contributed by atoms with Gasteiger partial charge in [0.1, 0.15) is 0 Å². The van der Waals surface area contributed by atoms with E-state index in [1.54, 1.807) is 0 Å². The molecular formula is C16H22N2OS. The fourth-order valence-electron chi connectivity index (χ4n) is 3.37. The van der Waals surface area contributed by atoms with Crippen molar-refractivity contribution in [3.05, 3.63) is 35.4 Å². The number of piperidine rings is 1. The summed E-state index contributed by atoms with van der Waals surface area (Å²) in [7, 11) is 0. The quantitative estimate of drug-likeness (QED) is 0.868. The van der Waals surface area contributed by atoms with Crippen LogP contribution in [0.4, 0.5) is 0 Å². The molecule has 2 N–H and O–H groups in total. The van der Waals surface area contributed by atoms with Crippen LogP contribution < -0.4 is 5.73 Å². The number of thiocarbonyl (C=S) groups is 1. The molecule has 2 heterocycles. The van der Waals surface area contributed by atoms with E-state index in [2.05, 4.69) is 29.2 Å². The standard InChI is InChI=1S/C16H22N2OS/c17-16(20)14-7-3-4-9-18(14)11-15-13-6-2-1-5-12(13)8-10-19-15/h1-2,5-6,14-15H,3-4,7-11H2,(H2,17,20). The van der Waals surface area contributed by atoms with Crippen LogP contribution in [0.1, 0.15) is 36.5 Å². The predicted octanol–water partition coefficient (Wildman–Crippen LogP) is 2.44. The number of benzene rings is 1. The van der Waals surface area contributed by atoms with E-state index in [-0.39, 0.29) is 12.1 Å². The fraction of sp³-hybridized carbons (Fsp3) is 0.562. The first kappa shape index (κ1) is 14.0. The minimum absolute atomic E-state index is 0.162. The summed E-state index contributed by atoms with van der Waals surface area (Å²) in [4.78, 5) is 3.05. The third-order valence-electron chi connectivity index (χ3n) is 4.43. The highest BCUT2D eigenvalue weighted by Crippen LogP contribution is 2.29. The highest BCUT2D eigenvalue weighted by molar-refractivity contribution is 7.80. The molecule has 4 heteroatoms. The van der Waals surface area contributed by atoms with E-state index >= 15 is 0 Å². The molecule has 2 unspecified atom stereocenters. The Morgan fingerprint density at radius 3 is 3.05 bits per heavy atom. The van der Waals surface area contributed by atoms with E-state index in [0.717, 1.165) is 32.5 Å². The summed E-state index contributed by atoms with van der Waals surface area (Å²) in [5, 5.41) is 0. The van der Waals surface area contributed by atoms with Gasteiger partial charge >= 0.3 is 0 Å². The number of hydrogen-bond acceptors (Lipinski definition) is 3. The van der Waals surface area contributed by atoms with Crippen LogP contribution in [0, 0.1) is 0 Å². The molecule has 0 radical (unpaired) electrons. The number of rotatable bonds is 3. The topological polar surface area (TPSA) is 38.5 Å². The Hall–Kier alpha value is -0.970. The molecule has 0 bridgehead atoms. The molecule has 1 saturated heterocycles. The minimum Gasteiger partial charge on any atom is -0.392 e. The van der Waals surface area contributed by atoms with Gasteiger partial charge in [-0.2, -0.15) is 0 Å². The molecule has 20 heavy (non-hydrogen) atoms. The largest absolute Gasteiger partial charge is 0.392 e. The second kappa shape index (κ2) is 6.20. The zero-order valence-electron chi connectivity index (χ0n) is 11.8. The van der Waals surface area contributed by atoms with Gasteiger partial charge in [0.2, 0.25) is 0 Å². The van der Waals surface area contributed by atoms with E-state index in [4.69, 9.17) is 22.7 Å². The van der Waals surface area contributed by atoms with Gasteiger partial charge in [0.05, 0.1) is 23.7 Å². The number of ether oxygens (including phenoxy) is 1.